The molecule has 0 aromatic carbocycles. The second-order valence-electron chi connectivity index (χ2n) is 5.87. The van der Waals surface area contributed by atoms with Crippen LogP contribution in [0.5, 0.6) is 0 Å². The quantitative estimate of drug-likeness (QED) is 0.474. The van der Waals surface area contributed by atoms with Gasteiger partial charge in [0.2, 0.25) is 0 Å². The molecule has 1 N–H and O–H groups in total. The summed E-state index contributed by atoms with van der Waals surface area (Å²) < 4.78 is 0. The normalized spacial score (nSPS) is 15.1. The maximum absolute atomic E-state index is 9.42. The lowest BCUT2D eigenvalue weighted by Crippen LogP contribution is -2.13. The van der Waals surface area contributed by atoms with E-state index in [1.807, 2.05) is 0 Å². The lowest BCUT2D eigenvalue weighted by atomic mass is 9.52. The Morgan fingerprint density at radius 1 is 1.35 bits per heavy atom. The number of rotatable bonds is 9. The van der Waals surface area contributed by atoms with Gasteiger partial charge in [-0.2, -0.15) is 0 Å². The zero-order valence-corrected chi connectivity index (χ0v) is 12.1. The van der Waals surface area contributed by atoms with Crippen LogP contribution in [0.3, 0.4) is 0 Å². The summed E-state index contributed by atoms with van der Waals surface area (Å²) in [5, 5.41) is 9.68. The first-order valence-corrected chi connectivity index (χ1v) is 6.82. The molecule has 0 aromatic rings. The molecule has 2 unspecified atom stereocenters. The maximum atomic E-state index is 9.42. The van der Waals surface area contributed by atoms with Gasteiger partial charge >= 0.3 is 0 Å². The topological polar surface area (TPSA) is 20.2 Å². The predicted octanol–water partition coefficient (Wildman–Crippen LogP) is 3.97. The van der Waals surface area contributed by atoms with Gasteiger partial charge in [0.25, 0.3) is 0 Å². The van der Waals surface area contributed by atoms with Crippen LogP contribution in [0.15, 0.2) is 24.8 Å². The van der Waals surface area contributed by atoms with E-state index in [9.17, 15) is 5.11 Å². The Morgan fingerprint density at radius 2 is 1.94 bits per heavy atom. The van der Waals surface area contributed by atoms with Gasteiger partial charge in [-0.3, -0.25) is 0 Å². The Bertz CT molecular complexity index is 245. The van der Waals surface area contributed by atoms with E-state index in [0.29, 0.717) is 5.92 Å². The van der Waals surface area contributed by atoms with Gasteiger partial charge in [-0.05, 0) is 36.9 Å². The average molecular weight is 236 g/mol. The third-order valence-corrected chi connectivity index (χ3v) is 4.01. The molecule has 0 aliphatic rings. The largest absolute Gasteiger partial charge is 0.389 e. The molecule has 0 aromatic heterocycles. The Kier molecular flexibility index (Phi) is 7.53. The fourth-order valence-electron chi connectivity index (χ4n) is 1.73. The molecule has 0 rings (SSSR count). The van der Waals surface area contributed by atoms with Crippen molar-refractivity contribution in [3.8, 4) is 0 Å². The molecule has 1 nitrogen and oxygen atoms in total. The summed E-state index contributed by atoms with van der Waals surface area (Å²) in [6.45, 7) is 16.8. The van der Waals surface area contributed by atoms with Gasteiger partial charge in [0, 0.05) is 0 Å². The standard InChI is InChI=1S/C15H29BO/c1-7-14(17)11-9-12(2)8-10-13(3)15(4,5)16-6/h7,12,14,16-17H,1,3,8-11H2,2,4-6H3. The van der Waals surface area contributed by atoms with Gasteiger partial charge < -0.3 is 5.11 Å². The molecule has 2 heteroatoms. The fourth-order valence-corrected chi connectivity index (χ4v) is 1.73. The van der Waals surface area contributed by atoms with Gasteiger partial charge in [-0.1, -0.05) is 39.2 Å². The molecule has 0 spiro atoms. The highest BCUT2D eigenvalue weighted by Gasteiger charge is 2.20. The lowest BCUT2D eigenvalue weighted by molar-refractivity contribution is 0.201. The third kappa shape index (κ3) is 6.73. The Balaban J connectivity index is 3.88. The number of hydrogen-bond acceptors (Lipinski definition) is 1. The van der Waals surface area contributed by atoms with E-state index in [2.05, 4.69) is 40.8 Å². The van der Waals surface area contributed by atoms with Crippen LogP contribution in [0.4, 0.5) is 0 Å². The molecular weight excluding hydrogens is 207 g/mol. The molecule has 0 amide bonds. The van der Waals surface area contributed by atoms with Crippen LogP contribution in [0.1, 0.15) is 46.5 Å². The van der Waals surface area contributed by atoms with E-state index in [-0.39, 0.29) is 11.4 Å². The minimum absolute atomic E-state index is 0.264. The molecule has 2 atom stereocenters. The Labute approximate surface area is 108 Å². The molecule has 98 valence electrons. The average Bonchev–Trinajstić information content (AvgIpc) is 2.32. The highest BCUT2D eigenvalue weighted by molar-refractivity contribution is 6.39. The number of hydrogen-bond donors (Lipinski definition) is 1. The SMILES string of the molecule is C=CC(O)CCC(C)CCC(=C)C(C)(C)BC. The van der Waals surface area contributed by atoms with Crippen LogP contribution in [-0.4, -0.2) is 18.5 Å². The van der Waals surface area contributed by atoms with Gasteiger partial charge in [0.1, 0.15) is 7.28 Å². The number of aliphatic hydroxyl groups excluding tert-OH is 1. The van der Waals surface area contributed by atoms with E-state index in [4.69, 9.17) is 0 Å². The molecule has 0 fully saturated rings. The minimum atomic E-state index is -0.340. The zero-order chi connectivity index (χ0) is 13.5. The van der Waals surface area contributed by atoms with Crippen LogP contribution in [0.25, 0.3) is 0 Å². The first-order chi connectivity index (χ1) is 7.83. The molecule has 0 saturated heterocycles. The van der Waals surface area contributed by atoms with E-state index in [0.717, 1.165) is 26.5 Å². The van der Waals surface area contributed by atoms with Crippen molar-refractivity contribution in [2.45, 2.75) is 64.7 Å². The van der Waals surface area contributed by atoms with Gasteiger partial charge in [-0.25, -0.2) is 0 Å². The first-order valence-electron chi connectivity index (χ1n) is 6.82. The smallest absolute Gasteiger partial charge is 0.129 e. The van der Waals surface area contributed by atoms with Crippen molar-refractivity contribution in [2.24, 2.45) is 5.92 Å². The zero-order valence-electron chi connectivity index (χ0n) is 12.1. The van der Waals surface area contributed by atoms with Crippen LogP contribution in [0.2, 0.25) is 12.1 Å². The predicted molar refractivity (Wildman–Crippen MR) is 80.0 cm³/mol. The van der Waals surface area contributed by atoms with Crippen molar-refractivity contribution >= 4 is 7.28 Å². The molecule has 0 bridgehead atoms. The number of allylic oxidation sites excluding steroid dienone is 1. The fraction of sp³-hybridized carbons (Fsp3) is 0.733. The van der Waals surface area contributed by atoms with Crippen LogP contribution >= 0.6 is 0 Å². The summed E-state index contributed by atoms with van der Waals surface area (Å²) in [5.41, 5.74) is 1.36. The van der Waals surface area contributed by atoms with Crippen molar-refractivity contribution in [3.63, 3.8) is 0 Å². The van der Waals surface area contributed by atoms with E-state index in [1.54, 1.807) is 6.08 Å². The van der Waals surface area contributed by atoms with Gasteiger partial charge in [-0.15, -0.1) is 13.2 Å². The van der Waals surface area contributed by atoms with E-state index < -0.39 is 0 Å². The highest BCUT2D eigenvalue weighted by Crippen LogP contribution is 2.35. The second-order valence-corrected chi connectivity index (χ2v) is 5.87. The Morgan fingerprint density at radius 3 is 2.41 bits per heavy atom. The van der Waals surface area contributed by atoms with Gasteiger partial charge in [0.15, 0.2) is 0 Å². The molecule has 0 radical (unpaired) electrons. The summed E-state index contributed by atoms with van der Waals surface area (Å²) in [6, 6.07) is 0. The van der Waals surface area contributed by atoms with Crippen molar-refractivity contribution < 1.29 is 5.11 Å². The summed E-state index contributed by atoms with van der Waals surface area (Å²) in [6.07, 6.45) is 5.44. The van der Waals surface area contributed by atoms with E-state index in [1.165, 1.54) is 12.0 Å². The highest BCUT2D eigenvalue weighted by atomic mass is 16.3. The lowest BCUT2D eigenvalue weighted by Gasteiger charge is -2.26. The van der Waals surface area contributed by atoms with Crippen molar-refractivity contribution in [1.82, 2.24) is 0 Å². The monoisotopic (exact) mass is 236 g/mol. The summed E-state index contributed by atoms with van der Waals surface area (Å²) in [4.78, 5) is 0. The van der Waals surface area contributed by atoms with Crippen LogP contribution in [0, 0.1) is 5.92 Å². The molecule has 0 saturated carbocycles. The van der Waals surface area contributed by atoms with Crippen molar-refractivity contribution in [2.75, 3.05) is 0 Å². The van der Waals surface area contributed by atoms with E-state index >= 15 is 0 Å². The van der Waals surface area contributed by atoms with Crippen LogP contribution < -0.4 is 0 Å². The number of aliphatic hydroxyl groups is 1. The van der Waals surface area contributed by atoms with Crippen LogP contribution in [-0.2, 0) is 0 Å². The van der Waals surface area contributed by atoms with Crippen molar-refractivity contribution in [3.05, 3.63) is 24.8 Å². The summed E-state index contributed by atoms with van der Waals surface area (Å²) >= 11 is 0. The molecule has 0 aliphatic heterocycles. The summed E-state index contributed by atoms with van der Waals surface area (Å²) in [7, 11) is 1.15. The van der Waals surface area contributed by atoms with Gasteiger partial charge in [0.05, 0.1) is 6.10 Å². The minimum Gasteiger partial charge on any atom is -0.389 e. The second kappa shape index (κ2) is 7.76. The maximum Gasteiger partial charge on any atom is 0.129 e. The third-order valence-electron chi connectivity index (χ3n) is 4.01. The Hall–Kier alpha value is -0.495. The molecule has 0 aliphatic carbocycles. The molecule has 17 heavy (non-hydrogen) atoms. The van der Waals surface area contributed by atoms with Crippen molar-refractivity contribution in [1.29, 1.82) is 0 Å². The first kappa shape index (κ1) is 16.5. The molecule has 0 heterocycles. The molecular formula is C15H29BO. The summed E-state index contributed by atoms with van der Waals surface area (Å²) in [5.74, 6) is 0.647.